The van der Waals surface area contributed by atoms with Gasteiger partial charge in [0.2, 0.25) is 6.79 Å². The fourth-order valence-electron chi connectivity index (χ4n) is 2.88. The summed E-state index contributed by atoms with van der Waals surface area (Å²) in [6.45, 7) is 2.64. The Labute approximate surface area is 146 Å². The molecule has 132 valence electrons. The summed E-state index contributed by atoms with van der Waals surface area (Å²) in [5.41, 5.74) is 2.51. The maximum absolute atomic E-state index is 12.3. The maximum Gasteiger partial charge on any atom is 0.251 e. The van der Waals surface area contributed by atoms with Crippen molar-refractivity contribution in [1.29, 1.82) is 0 Å². The van der Waals surface area contributed by atoms with Crippen molar-refractivity contribution in [3.63, 3.8) is 0 Å². The van der Waals surface area contributed by atoms with E-state index >= 15 is 0 Å². The lowest BCUT2D eigenvalue weighted by Crippen LogP contribution is -2.25. The number of ether oxygens (including phenoxy) is 4. The molecule has 0 radical (unpaired) electrons. The molecule has 3 rings (SSSR count). The number of hydrogen-bond acceptors (Lipinski definition) is 5. The number of amides is 1. The van der Waals surface area contributed by atoms with Crippen LogP contribution in [0.2, 0.25) is 0 Å². The number of nitrogens with one attached hydrogen (secondary N) is 1. The van der Waals surface area contributed by atoms with Crippen LogP contribution < -0.4 is 24.3 Å². The van der Waals surface area contributed by atoms with E-state index in [1.165, 1.54) is 0 Å². The second kappa shape index (κ2) is 7.34. The largest absolute Gasteiger partial charge is 0.496 e. The summed E-state index contributed by atoms with van der Waals surface area (Å²) < 4.78 is 21.3. The van der Waals surface area contributed by atoms with Crippen molar-refractivity contribution in [3.05, 3.63) is 47.0 Å². The molecule has 6 heteroatoms. The van der Waals surface area contributed by atoms with Crippen LogP contribution >= 0.6 is 0 Å². The van der Waals surface area contributed by atoms with E-state index in [4.69, 9.17) is 18.9 Å². The number of methoxy groups -OCH3 is 2. The normalized spacial score (nSPS) is 12.0. The molecule has 1 N–H and O–H groups in total. The van der Waals surface area contributed by atoms with Crippen LogP contribution in [0.5, 0.6) is 23.0 Å². The van der Waals surface area contributed by atoms with Gasteiger partial charge in [0.15, 0.2) is 11.5 Å². The highest BCUT2D eigenvalue weighted by molar-refractivity contribution is 5.94. The summed E-state index contributed by atoms with van der Waals surface area (Å²) >= 11 is 0. The van der Waals surface area contributed by atoms with Gasteiger partial charge in [0, 0.05) is 17.7 Å². The highest BCUT2D eigenvalue weighted by atomic mass is 16.7. The lowest BCUT2D eigenvalue weighted by molar-refractivity contribution is 0.0953. The van der Waals surface area contributed by atoms with Gasteiger partial charge in [-0.15, -0.1) is 0 Å². The van der Waals surface area contributed by atoms with Crippen LogP contribution in [0.1, 0.15) is 21.5 Å². The Morgan fingerprint density at radius 2 is 1.92 bits per heavy atom. The molecular weight excluding hydrogens is 322 g/mol. The fraction of sp³-hybridized carbons (Fsp3) is 0.316. The van der Waals surface area contributed by atoms with Gasteiger partial charge < -0.3 is 24.3 Å². The monoisotopic (exact) mass is 343 g/mol. The van der Waals surface area contributed by atoms with Crippen molar-refractivity contribution in [3.8, 4) is 23.0 Å². The number of fused-ring (bicyclic) bond motifs is 1. The third kappa shape index (κ3) is 3.47. The second-order valence-electron chi connectivity index (χ2n) is 5.66. The van der Waals surface area contributed by atoms with Crippen molar-refractivity contribution in [1.82, 2.24) is 5.32 Å². The average molecular weight is 343 g/mol. The standard InChI is InChI=1S/C19H21NO5/c1-12-15(22-2)6-4-13(18(12)23-3)8-9-20-19(21)14-5-7-16-17(10-14)25-11-24-16/h4-7,10H,8-9,11H2,1-3H3,(H,20,21). The zero-order chi connectivity index (χ0) is 17.8. The molecule has 2 aromatic rings. The number of benzene rings is 2. The molecular formula is C19H21NO5. The molecule has 1 amide bonds. The Kier molecular flexibility index (Phi) is 4.97. The molecule has 0 saturated carbocycles. The summed E-state index contributed by atoms with van der Waals surface area (Å²) in [6, 6.07) is 9.02. The first-order chi connectivity index (χ1) is 12.1. The van der Waals surface area contributed by atoms with Gasteiger partial charge in [-0.2, -0.15) is 0 Å². The summed E-state index contributed by atoms with van der Waals surface area (Å²) in [7, 11) is 3.27. The lowest BCUT2D eigenvalue weighted by atomic mass is 10.1. The third-order valence-corrected chi connectivity index (χ3v) is 4.18. The van der Waals surface area contributed by atoms with Crippen LogP contribution in [0, 0.1) is 6.92 Å². The summed E-state index contributed by atoms with van der Waals surface area (Å²) in [4.78, 5) is 12.3. The summed E-state index contributed by atoms with van der Waals surface area (Å²) in [5.74, 6) is 2.68. The van der Waals surface area contributed by atoms with Gasteiger partial charge in [-0.1, -0.05) is 6.07 Å². The van der Waals surface area contributed by atoms with Crippen molar-refractivity contribution in [2.45, 2.75) is 13.3 Å². The van der Waals surface area contributed by atoms with Gasteiger partial charge in [-0.25, -0.2) is 0 Å². The predicted molar refractivity (Wildman–Crippen MR) is 92.9 cm³/mol. The number of carbonyl (C=O) groups excluding carboxylic acids is 1. The van der Waals surface area contributed by atoms with Crippen LogP contribution in [0.4, 0.5) is 0 Å². The highest BCUT2D eigenvalue weighted by Gasteiger charge is 2.16. The predicted octanol–water partition coefficient (Wildman–Crippen LogP) is 2.71. The molecule has 0 bridgehead atoms. The van der Waals surface area contributed by atoms with Gasteiger partial charge >= 0.3 is 0 Å². The Bertz CT molecular complexity index is 788. The molecule has 0 spiro atoms. The minimum atomic E-state index is -0.150. The molecule has 0 atom stereocenters. The summed E-state index contributed by atoms with van der Waals surface area (Å²) in [5, 5.41) is 2.92. The van der Waals surface area contributed by atoms with Gasteiger partial charge in [0.25, 0.3) is 5.91 Å². The van der Waals surface area contributed by atoms with E-state index in [1.807, 2.05) is 19.1 Å². The first-order valence-electron chi connectivity index (χ1n) is 8.02. The quantitative estimate of drug-likeness (QED) is 0.874. The topological polar surface area (TPSA) is 66.0 Å². The number of rotatable bonds is 6. The van der Waals surface area contributed by atoms with Gasteiger partial charge in [-0.05, 0) is 43.2 Å². The molecule has 0 aromatic heterocycles. The van der Waals surface area contributed by atoms with Crippen LogP contribution in [0.15, 0.2) is 30.3 Å². The molecule has 6 nitrogen and oxygen atoms in total. The molecule has 1 heterocycles. The maximum atomic E-state index is 12.3. The van der Waals surface area contributed by atoms with E-state index in [1.54, 1.807) is 32.4 Å². The SMILES string of the molecule is COc1ccc(CCNC(=O)c2ccc3c(c2)OCO3)c(OC)c1C. The van der Waals surface area contributed by atoms with E-state index in [0.29, 0.717) is 30.0 Å². The van der Waals surface area contributed by atoms with Crippen molar-refractivity contribution >= 4 is 5.91 Å². The number of hydrogen-bond donors (Lipinski definition) is 1. The van der Waals surface area contributed by atoms with E-state index in [2.05, 4.69) is 5.32 Å². The van der Waals surface area contributed by atoms with Crippen molar-refractivity contribution in [2.75, 3.05) is 27.6 Å². The van der Waals surface area contributed by atoms with Gasteiger partial charge in [0.1, 0.15) is 11.5 Å². The number of carbonyl (C=O) groups is 1. The Balaban J connectivity index is 1.63. The minimum Gasteiger partial charge on any atom is -0.496 e. The molecule has 25 heavy (non-hydrogen) atoms. The molecule has 1 aliphatic rings. The van der Waals surface area contributed by atoms with Crippen LogP contribution in [-0.4, -0.2) is 33.5 Å². The zero-order valence-electron chi connectivity index (χ0n) is 14.5. The molecule has 1 aliphatic heterocycles. The Morgan fingerprint density at radius 1 is 1.12 bits per heavy atom. The molecule has 0 fully saturated rings. The molecule has 0 unspecified atom stereocenters. The van der Waals surface area contributed by atoms with Crippen LogP contribution in [0.25, 0.3) is 0 Å². The van der Waals surface area contributed by atoms with E-state index in [9.17, 15) is 4.79 Å². The summed E-state index contributed by atoms with van der Waals surface area (Å²) in [6.07, 6.45) is 0.657. The fourth-order valence-corrected chi connectivity index (χ4v) is 2.88. The zero-order valence-corrected chi connectivity index (χ0v) is 14.5. The highest BCUT2D eigenvalue weighted by Crippen LogP contribution is 2.33. The van der Waals surface area contributed by atoms with Gasteiger partial charge in [0.05, 0.1) is 14.2 Å². The minimum absolute atomic E-state index is 0.150. The Morgan fingerprint density at radius 3 is 2.68 bits per heavy atom. The van der Waals surface area contributed by atoms with Gasteiger partial charge in [-0.3, -0.25) is 4.79 Å². The smallest absolute Gasteiger partial charge is 0.251 e. The van der Waals surface area contributed by atoms with Crippen molar-refractivity contribution < 1.29 is 23.7 Å². The average Bonchev–Trinajstić information content (AvgIpc) is 3.09. The van der Waals surface area contributed by atoms with E-state index < -0.39 is 0 Å². The third-order valence-electron chi connectivity index (χ3n) is 4.18. The van der Waals surface area contributed by atoms with Crippen molar-refractivity contribution in [2.24, 2.45) is 0 Å². The second-order valence-corrected chi connectivity index (χ2v) is 5.66. The van der Waals surface area contributed by atoms with E-state index in [0.717, 1.165) is 22.6 Å². The first-order valence-corrected chi connectivity index (χ1v) is 8.02. The molecule has 2 aromatic carbocycles. The lowest BCUT2D eigenvalue weighted by Gasteiger charge is -2.14. The molecule has 0 aliphatic carbocycles. The van der Waals surface area contributed by atoms with E-state index in [-0.39, 0.29) is 12.7 Å². The van der Waals surface area contributed by atoms with Crippen LogP contribution in [0.3, 0.4) is 0 Å². The van der Waals surface area contributed by atoms with Crippen LogP contribution in [-0.2, 0) is 6.42 Å². The molecule has 0 saturated heterocycles. The Hall–Kier alpha value is -2.89. The first kappa shape index (κ1) is 17.0.